The Morgan fingerprint density at radius 2 is 1.86 bits per heavy atom. The molecule has 22 heavy (non-hydrogen) atoms. The highest BCUT2D eigenvalue weighted by atomic mass is 32.2. The highest BCUT2D eigenvalue weighted by Gasteiger charge is 2.11. The predicted octanol–water partition coefficient (Wildman–Crippen LogP) is 2.78. The van der Waals surface area contributed by atoms with Crippen LogP contribution in [0, 0.1) is 5.92 Å². The third-order valence-electron chi connectivity index (χ3n) is 2.74. The number of hydrogen-bond donors (Lipinski definition) is 2. The summed E-state index contributed by atoms with van der Waals surface area (Å²) in [6.45, 7) is 3.63. The molecule has 2 rings (SSSR count). The van der Waals surface area contributed by atoms with Gasteiger partial charge in [-0.15, -0.1) is 11.3 Å². The van der Waals surface area contributed by atoms with Gasteiger partial charge in [0.05, 0.1) is 11.9 Å². The molecule has 0 saturated heterocycles. The minimum atomic E-state index is -3.28. The summed E-state index contributed by atoms with van der Waals surface area (Å²) in [4.78, 5) is 16.0. The first-order valence-corrected chi connectivity index (χ1v) is 9.36. The third kappa shape index (κ3) is 4.54. The molecule has 0 bridgehead atoms. The van der Waals surface area contributed by atoms with Crippen molar-refractivity contribution >= 4 is 38.1 Å². The van der Waals surface area contributed by atoms with E-state index in [4.69, 9.17) is 0 Å². The van der Waals surface area contributed by atoms with Gasteiger partial charge in [0.2, 0.25) is 15.9 Å². The van der Waals surface area contributed by atoms with Crippen molar-refractivity contribution < 1.29 is 13.2 Å². The molecule has 0 atom stereocenters. The van der Waals surface area contributed by atoms with E-state index in [0.29, 0.717) is 10.8 Å². The molecule has 0 aliphatic carbocycles. The number of benzene rings is 1. The van der Waals surface area contributed by atoms with E-state index in [1.165, 1.54) is 11.3 Å². The van der Waals surface area contributed by atoms with Gasteiger partial charge in [-0.25, -0.2) is 13.4 Å². The van der Waals surface area contributed by atoms with E-state index >= 15 is 0 Å². The number of anilines is 2. The lowest BCUT2D eigenvalue weighted by atomic mass is 10.1. The first-order valence-electron chi connectivity index (χ1n) is 6.59. The molecular formula is C14H17N3O3S2. The van der Waals surface area contributed by atoms with Crippen LogP contribution in [-0.4, -0.2) is 25.6 Å². The van der Waals surface area contributed by atoms with Crippen molar-refractivity contribution in [1.29, 1.82) is 0 Å². The Morgan fingerprint density at radius 1 is 1.23 bits per heavy atom. The zero-order chi connectivity index (χ0) is 16.3. The van der Waals surface area contributed by atoms with Crippen molar-refractivity contribution in [2.75, 3.05) is 16.3 Å². The molecule has 0 aliphatic heterocycles. The molecule has 0 unspecified atom stereocenters. The number of carbonyl (C=O) groups is 1. The van der Waals surface area contributed by atoms with Gasteiger partial charge < -0.3 is 5.32 Å². The number of thiazole rings is 1. The van der Waals surface area contributed by atoms with Gasteiger partial charge in [-0.2, -0.15) is 0 Å². The maximum Gasteiger partial charge on any atom is 0.229 e. The van der Waals surface area contributed by atoms with Gasteiger partial charge in [0.25, 0.3) is 0 Å². The number of sulfonamides is 1. The van der Waals surface area contributed by atoms with Crippen LogP contribution in [0.15, 0.2) is 29.6 Å². The zero-order valence-corrected chi connectivity index (χ0v) is 14.1. The van der Waals surface area contributed by atoms with Crippen LogP contribution in [0.5, 0.6) is 0 Å². The molecule has 6 nitrogen and oxygen atoms in total. The molecule has 1 aromatic carbocycles. The van der Waals surface area contributed by atoms with Gasteiger partial charge in [-0.3, -0.25) is 9.52 Å². The number of nitrogens with zero attached hydrogens (tertiary/aromatic N) is 1. The average Bonchev–Trinajstić information content (AvgIpc) is 2.86. The second-order valence-corrected chi connectivity index (χ2v) is 7.74. The summed E-state index contributed by atoms with van der Waals surface area (Å²) in [6, 6.07) is 6.89. The van der Waals surface area contributed by atoms with Gasteiger partial charge in [0.15, 0.2) is 5.13 Å². The van der Waals surface area contributed by atoms with Crippen LogP contribution in [-0.2, 0) is 14.8 Å². The van der Waals surface area contributed by atoms with Crippen LogP contribution in [0.2, 0.25) is 0 Å². The number of rotatable bonds is 5. The lowest BCUT2D eigenvalue weighted by Crippen LogP contribution is -2.17. The Bertz CT molecular complexity index is 765. The molecule has 2 N–H and O–H groups in total. The average molecular weight is 339 g/mol. The Balaban J connectivity index is 2.12. The smallest absolute Gasteiger partial charge is 0.229 e. The molecule has 0 radical (unpaired) electrons. The molecule has 1 heterocycles. The van der Waals surface area contributed by atoms with E-state index in [0.717, 1.165) is 17.5 Å². The van der Waals surface area contributed by atoms with E-state index in [2.05, 4.69) is 15.0 Å². The van der Waals surface area contributed by atoms with E-state index < -0.39 is 10.0 Å². The summed E-state index contributed by atoms with van der Waals surface area (Å²) < 4.78 is 24.7. The van der Waals surface area contributed by atoms with Gasteiger partial charge >= 0.3 is 0 Å². The SMILES string of the molecule is CC(C)C(=O)Nc1nc(-c2ccc(NS(C)(=O)=O)cc2)cs1. The Kier molecular flexibility index (Phi) is 4.82. The summed E-state index contributed by atoms with van der Waals surface area (Å²) in [5.41, 5.74) is 2.07. The van der Waals surface area contributed by atoms with E-state index in [-0.39, 0.29) is 11.8 Å². The Hall–Kier alpha value is -1.93. The van der Waals surface area contributed by atoms with Crippen LogP contribution < -0.4 is 10.0 Å². The largest absolute Gasteiger partial charge is 0.302 e. The van der Waals surface area contributed by atoms with Crippen molar-refractivity contribution in [3.8, 4) is 11.3 Å². The minimum Gasteiger partial charge on any atom is -0.302 e. The number of nitrogens with one attached hydrogen (secondary N) is 2. The number of hydrogen-bond acceptors (Lipinski definition) is 5. The van der Waals surface area contributed by atoms with Crippen LogP contribution in [0.1, 0.15) is 13.8 Å². The van der Waals surface area contributed by atoms with Crippen molar-refractivity contribution in [2.24, 2.45) is 5.92 Å². The van der Waals surface area contributed by atoms with Gasteiger partial charge in [-0.05, 0) is 12.1 Å². The van der Waals surface area contributed by atoms with Crippen molar-refractivity contribution in [1.82, 2.24) is 4.98 Å². The summed E-state index contributed by atoms with van der Waals surface area (Å²) in [5.74, 6) is -0.178. The molecule has 0 saturated carbocycles. The normalized spacial score (nSPS) is 11.5. The fourth-order valence-electron chi connectivity index (χ4n) is 1.64. The lowest BCUT2D eigenvalue weighted by molar-refractivity contribution is -0.118. The standard InChI is InChI=1S/C14H17N3O3S2/c1-9(2)13(18)16-14-15-12(8-21-14)10-4-6-11(7-5-10)17-22(3,19)20/h4-9,17H,1-3H3,(H,15,16,18). The van der Waals surface area contributed by atoms with Crippen LogP contribution in [0.25, 0.3) is 11.3 Å². The molecule has 0 aliphatic rings. The minimum absolute atomic E-state index is 0.0754. The summed E-state index contributed by atoms with van der Waals surface area (Å²) in [5, 5.41) is 5.14. The van der Waals surface area contributed by atoms with E-state index in [1.54, 1.807) is 24.3 Å². The fraction of sp³-hybridized carbons (Fsp3) is 0.286. The topological polar surface area (TPSA) is 88.2 Å². The second-order valence-electron chi connectivity index (χ2n) is 5.13. The molecule has 2 aromatic rings. The maximum absolute atomic E-state index is 11.6. The fourth-order valence-corrected chi connectivity index (χ4v) is 2.92. The predicted molar refractivity (Wildman–Crippen MR) is 89.5 cm³/mol. The second kappa shape index (κ2) is 6.45. The highest BCUT2D eigenvalue weighted by molar-refractivity contribution is 7.92. The molecular weight excluding hydrogens is 322 g/mol. The van der Waals surface area contributed by atoms with Gasteiger partial charge in [0.1, 0.15) is 0 Å². The van der Waals surface area contributed by atoms with Crippen molar-refractivity contribution in [2.45, 2.75) is 13.8 Å². The number of carbonyl (C=O) groups excluding carboxylic acids is 1. The Labute approximate surface area is 133 Å². The summed E-state index contributed by atoms with van der Waals surface area (Å²) in [6.07, 6.45) is 1.10. The monoisotopic (exact) mass is 339 g/mol. The molecule has 1 aromatic heterocycles. The van der Waals surface area contributed by atoms with Crippen LogP contribution in [0.3, 0.4) is 0 Å². The first-order chi connectivity index (χ1) is 10.2. The van der Waals surface area contributed by atoms with Gasteiger partial charge in [0, 0.05) is 22.5 Å². The van der Waals surface area contributed by atoms with Crippen LogP contribution in [0.4, 0.5) is 10.8 Å². The first kappa shape index (κ1) is 16.4. The molecule has 0 fully saturated rings. The molecule has 0 spiro atoms. The number of amides is 1. The zero-order valence-electron chi connectivity index (χ0n) is 12.5. The third-order valence-corrected chi connectivity index (χ3v) is 4.11. The molecule has 1 amide bonds. The maximum atomic E-state index is 11.6. The van der Waals surface area contributed by atoms with Gasteiger partial charge in [-0.1, -0.05) is 26.0 Å². The summed E-state index contributed by atoms with van der Waals surface area (Å²) in [7, 11) is -3.28. The lowest BCUT2D eigenvalue weighted by Gasteiger charge is -2.04. The number of aromatic nitrogens is 1. The summed E-state index contributed by atoms with van der Waals surface area (Å²) >= 11 is 1.35. The Morgan fingerprint density at radius 3 is 2.41 bits per heavy atom. The van der Waals surface area contributed by atoms with Crippen molar-refractivity contribution in [3.63, 3.8) is 0 Å². The quantitative estimate of drug-likeness (QED) is 0.877. The van der Waals surface area contributed by atoms with Crippen molar-refractivity contribution in [3.05, 3.63) is 29.6 Å². The van der Waals surface area contributed by atoms with E-state index in [1.807, 2.05) is 19.2 Å². The molecule has 8 heteroatoms. The highest BCUT2D eigenvalue weighted by Crippen LogP contribution is 2.26. The van der Waals surface area contributed by atoms with Crippen LogP contribution >= 0.6 is 11.3 Å². The van der Waals surface area contributed by atoms with E-state index in [9.17, 15) is 13.2 Å². The molecule has 118 valence electrons.